The van der Waals surface area contributed by atoms with Crippen molar-refractivity contribution >= 4 is 23.7 Å². The molecule has 0 radical (unpaired) electrons. The number of benzene rings is 2. The molecule has 4 rings (SSSR count). The van der Waals surface area contributed by atoms with Gasteiger partial charge in [-0.25, -0.2) is 9.48 Å². The largest absolute Gasteiger partial charge is 0.493 e. The molecule has 2 heterocycles. The number of methoxy groups -OCH3 is 1. The van der Waals surface area contributed by atoms with Crippen molar-refractivity contribution in [2.75, 3.05) is 24.8 Å². The van der Waals surface area contributed by atoms with Crippen molar-refractivity contribution in [1.29, 1.82) is 0 Å². The molecular formula is C31H40N4O4S. The lowest BCUT2D eigenvalue weighted by Gasteiger charge is -2.28. The minimum atomic E-state index is -0.531. The molecule has 0 saturated carbocycles. The van der Waals surface area contributed by atoms with Gasteiger partial charge in [0.15, 0.2) is 11.5 Å². The number of carbonyl (C=O) groups is 1. The second-order valence-corrected chi connectivity index (χ2v) is 11.9. The number of anilines is 1. The number of unbranched alkanes of at least 4 members (excludes halogenated alkanes) is 1. The average molecular weight is 565 g/mol. The van der Waals surface area contributed by atoms with Crippen LogP contribution in [0.3, 0.4) is 0 Å². The minimum absolute atomic E-state index is 0.0984. The first-order chi connectivity index (χ1) is 19.2. The first-order valence-electron chi connectivity index (χ1n) is 13.8. The lowest BCUT2D eigenvalue weighted by atomic mass is 9.87. The molecule has 0 fully saturated rings. The number of rotatable bonds is 11. The topological polar surface area (TPSA) is 87.5 Å². The first kappa shape index (κ1) is 29.5. The SMILES string of the molecule is CCCCSc1nc2n(n1)C(c1ccc(OCc3ccc(C(C)(C)C)cc3)c(OC)c1)C(C(=O)OCC)=C(C)N2. The highest BCUT2D eigenvalue weighted by atomic mass is 32.2. The highest BCUT2D eigenvalue weighted by Crippen LogP contribution is 2.40. The van der Waals surface area contributed by atoms with Gasteiger partial charge in [-0.2, -0.15) is 4.98 Å². The molecule has 0 saturated heterocycles. The van der Waals surface area contributed by atoms with Gasteiger partial charge in [0.2, 0.25) is 11.1 Å². The zero-order valence-electron chi connectivity index (χ0n) is 24.5. The monoisotopic (exact) mass is 564 g/mol. The number of hydrogen-bond donors (Lipinski definition) is 1. The molecule has 1 aliphatic rings. The molecular weight excluding hydrogens is 524 g/mol. The van der Waals surface area contributed by atoms with E-state index in [9.17, 15) is 4.79 Å². The number of esters is 1. The van der Waals surface area contributed by atoms with E-state index in [-0.39, 0.29) is 12.0 Å². The lowest BCUT2D eigenvalue weighted by molar-refractivity contribution is -0.139. The number of aromatic nitrogens is 3. The smallest absolute Gasteiger partial charge is 0.338 e. The Morgan fingerprint density at radius 1 is 1.10 bits per heavy atom. The van der Waals surface area contributed by atoms with Crippen molar-refractivity contribution in [2.45, 2.75) is 77.6 Å². The fourth-order valence-electron chi connectivity index (χ4n) is 4.52. The van der Waals surface area contributed by atoms with E-state index in [1.54, 1.807) is 30.5 Å². The molecule has 1 N–H and O–H groups in total. The minimum Gasteiger partial charge on any atom is -0.493 e. The van der Waals surface area contributed by atoms with Crippen LogP contribution in [0.4, 0.5) is 5.95 Å². The summed E-state index contributed by atoms with van der Waals surface area (Å²) in [6.45, 7) is 13.1. The van der Waals surface area contributed by atoms with Crippen molar-refractivity contribution in [1.82, 2.24) is 14.8 Å². The van der Waals surface area contributed by atoms with Crippen LogP contribution in [0.5, 0.6) is 11.5 Å². The molecule has 9 heteroatoms. The van der Waals surface area contributed by atoms with Crippen LogP contribution in [0.1, 0.15) is 77.1 Å². The first-order valence-corrected chi connectivity index (χ1v) is 14.8. The van der Waals surface area contributed by atoms with Crippen molar-refractivity contribution < 1.29 is 19.0 Å². The summed E-state index contributed by atoms with van der Waals surface area (Å²) in [6, 6.07) is 13.7. The summed E-state index contributed by atoms with van der Waals surface area (Å²) in [5.41, 5.74) is 4.44. The van der Waals surface area contributed by atoms with Gasteiger partial charge in [0.25, 0.3) is 0 Å². The third kappa shape index (κ3) is 6.63. The normalized spacial score (nSPS) is 14.9. The summed E-state index contributed by atoms with van der Waals surface area (Å²) in [6.07, 6.45) is 2.18. The summed E-state index contributed by atoms with van der Waals surface area (Å²) >= 11 is 1.61. The summed E-state index contributed by atoms with van der Waals surface area (Å²) in [4.78, 5) is 17.8. The fourth-order valence-corrected chi connectivity index (χ4v) is 5.43. The van der Waals surface area contributed by atoms with E-state index >= 15 is 0 Å². The van der Waals surface area contributed by atoms with Gasteiger partial charge in [-0.3, -0.25) is 0 Å². The Morgan fingerprint density at radius 3 is 2.50 bits per heavy atom. The van der Waals surface area contributed by atoms with Gasteiger partial charge < -0.3 is 19.5 Å². The zero-order valence-corrected chi connectivity index (χ0v) is 25.4. The predicted octanol–water partition coefficient (Wildman–Crippen LogP) is 6.91. The highest BCUT2D eigenvalue weighted by Gasteiger charge is 2.35. The standard InChI is InChI=1S/C31H40N4O4S/c1-8-10-17-40-30-33-29-32-20(3)26(28(36)38-9-2)27(35(29)34-30)22-13-16-24(25(18-22)37-7)39-19-21-11-14-23(15-12-21)31(4,5)6/h11-16,18,27H,8-10,17,19H2,1-7H3,(H,32,33,34). The number of thioether (sulfide) groups is 1. The van der Waals surface area contributed by atoms with E-state index in [1.807, 2.05) is 25.1 Å². The molecule has 0 spiro atoms. The molecule has 1 unspecified atom stereocenters. The zero-order chi connectivity index (χ0) is 28.9. The van der Waals surface area contributed by atoms with E-state index in [1.165, 1.54) is 5.56 Å². The van der Waals surface area contributed by atoms with Gasteiger partial charge in [-0.05, 0) is 54.5 Å². The molecule has 2 aromatic carbocycles. The molecule has 1 aromatic heterocycles. The maximum atomic E-state index is 13.1. The van der Waals surface area contributed by atoms with Crippen molar-refractivity contribution in [3.05, 3.63) is 70.4 Å². The molecule has 40 heavy (non-hydrogen) atoms. The van der Waals surface area contributed by atoms with Crippen molar-refractivity contribution in [3.8, 4) is 11.5 Å². The van der Waals surface area contributed by atoms with Gasteiger partial charge in [-0.15, -0.1) is 5.10 Å². The van der Waals surface area contributed by atoms with E-state index in [2.05, 4.69) is 57.3 Å². The van der Waals surface area contributed by atoms with Crippen LogP contribution in [0, 0.1) is 0 Å². The van der Waals surface area contributed by atoms with Crippen LogP contribution in [-0.4, -0.2) is 40.2 Å². The number of allylic oxidation sites excluding steroid dienone is 1. The van der Waals surface area contributed by atoms with Crippen LogP contribution in [0.15, 0.2) is 58.9 Å². The number of nitrogens with one attached hydrogen (secondary N) is 1. The van der Waals surface area contributed by atoms with Gasteiger partial charge in [0.05, 0.1) is 19.3 Å². The molecule has 3 aromatic rings. The Bertz CT molecular complexity index is 1360. The van der Waals surface area contributed by atoms with Gasteiger partial charge in [-0.1, -0.05) is 76.2 Å². The van der Waals surface area contributed by atoms with Gasteiger partial charge >= 0.3 is 5.97 Å². The summed E-state index contributed by atoms with van der Waals surface area (Å²) in [5, 5.41) is 8.70. The summed E-state index contributed by atoms with van der Waals surface area (Å²) in [5.74, 6) is 2.32. The number of ether oxygens (including phenoxy) is 3. The number of carbonyl (C=O) groups excluding carboxylic acids is 1. The Morgan fingerprint density at radius 2 is 1.85 bits per heavy atom. The predicted molar refractivity (Wildman–Crippen MR) is 159 cm³/mol. The maximum Gasteiger partial charge on any atom is 0.338 e. The van der Waals surface area contributed by atoms with Gasteiger partial charge in [0.1, 0.15) is 12.6 Å². The molecule has 0 bridgehead atoms. The fraction of sp³-hybridized carbons (Fsp3) is 0.452. The summed E-state index contributed by atoms with van der Waals surface area (Å²) in [7, 11) is 1.61. The highest BCUT2D eigenvalue weighted by molar-refractivity contribution is 7.99. The van der Waals surface area contributed by atoms with E-state index in [0.717, 1.165) is 29.7 Å². The Hall–Kier alpha value is -3.46. The Kier molecular flexibility index (Phi) is 9.45. The number of nitrogens with zero attached hydrogens (tertiary/aromatic N) is 3. The average Bonchev–Trinajstić information content (AvgIpc) is 3.33. The van der Waals surface area contributed by atoms with Crippen molar-refractivity contribution in [2.24, 2.45) is 0 Å². The van der Waals surface area contributed by atoms with Crippen LogP contribution >= 0.6 is 11.8 Å². The lowest BCUT2D eigenvalue weighted by Crippen LogP contribution is -2.29. The van der Waals surface area contributed by atoms with E-state index < -0.39 is 12.0 Å². The van der Waals surface area contributed by atoms with Crippen LogP contribution in [0.25, 0.3) is 0 Å². The van der Waals surface area contributed by atoms with Crippen LogP contribution < -0.4 is 14.8 Å². The van der Waals surface area contributed by atoms with Crippen molar-refractivity contribution in [3.63, 3.8) is 0 Å². The van der Waals surface area contributed by atoms with Gasteiger partial charge in [0, 0.05) is 11.4 Å². The number of hydrogen-bond acceptors (Lipinski definition) is 8. The second kappa shape index (κ2) is 12.8. The van der Waals surface area contributed by atoms with Crippen LogP contribution in [0.2, 0.25) is 0 Å². The molecule has 214 valence electrons. The molecule has 0 amide bonds. The van der Waals surface area contributed by atoms with Crippen LogP contribution in [-0.2, 0) is 21.6 Å². The third-order valence-electron chi connectivity index (χ3n) is 6.78. The molecule has 8 nitrogen and oxygen atoms in total. The quantitative estimate of drug-likeness (QED) is 0.153. The maximum absolute atomic E-state index is 13.1. The summed E-state index contributed by atoms with van der Waals surface area (Å²) < 4.78 is 19.1. The molecule has 0 aliphatic carbocycles. The third-order valence-corrected chi connectivity index (χ3v) is 7.70. The second-order valence-electron chi connectivity index (χ2n) is 10.8. The van der Waals surface area contributed by atoms with E-state index in [4.69, 9.17) is 24.3 Å². The Balaban J connectivity index is 1.64. The van der Waals surface area contributed by atoms with E-state index in [0.29, 0.717) is 40.5 Å². The number of fused-ring (bicyclic) bond motifs is 1. The molecule has 1 atom stereocenters. The Labute approximate surface area is 241 Å². The molecule has 1 aliphatic heterocycles.